The standard InChI is InChI=1S/C19H17F2NO3S2.C4H10/c1-26-18-9-15-17(10-16(18)25-11-14(21)19(23)24)27-8-2-7-22(15)13-5-3-12(20)4-6-13;1-3-4-2/h3-6,9-11H,2,7-8H2,1H3,(H,23,24);3-4H2,1-2H3/b14-11-;. The molecule has 0 fully saturated rings. The fourth-order valence-corrected chi connectivity index (χ4v) is 4.23. The third kappa shape index (κ3) is 7.18. The number of thioether (sulfide) groups is 2. The Morgan fingerprint density at radius 3 is 2.52 bits per heavy atom. The Bertz CT molecular complexity index is 902. The summed E-state index contributed by atoms with van der Waals surface area (Å²) in [6.07, 6.45) is 6.04. The maximum atomic E-state index is 13.3. The molecule has 4 nitrogen and oxygen atoms in total. The number of carboxylic acid groups (broad SMARTS) is 1. The minimum atomic E-state index is -1.67. The van der Waals surface area contributed by atoms with Gasteiger partial charge in [-0.2, -0.15) is 4.39 Å². The second-order valence-corrected chi connectivity index (χ2v) is 8.67. The summed E-state index contributed by atoms with van der Waals surface area (Å²) in [5.41, 5.74) is 1.85. The fraction of sp³-hybridized carbons (Fsp3) is 0.348. The van der Waals surface area contributed by atoms with Crippen molar-refractivity contribution < 1.29 is 23.4 Å². The molecule has 2 aromatic carbocycles. The van der Waals surface area contributed by atoms with E-state index in [9.17, 15) is 13.6 Å². The Balaban J connectivity index is 0.000000785. The zero-order valence-corrected chi connectivity index (χ0v) is 19.5. The monoisotopic (exact) mass is 467 g/mol. The van der Waals surface area contributed by atoms with E-state index in [1.54, 1.807) is 30.0 Å². The maximum absolute atomic E-state index is 13.3. The highest BCUT2D eigenvalue weighted by Crippen LogP contribution is 2.44. The molecule has 0 unspecified atom stereocenters. The van der Waals surface area contributed by atoms with Crippen LogP contribution in [0.3, 0.4) is 0 Å². The molecule has 8 heteroatoms. The van der Waals surface area contributed by atoms with Crippen LogP contribution >= 0.6 is 23.5 Å². The first kappa shape index (κ1) is 25.1. The number of hydrogen-bond acceptors (Lipinski definition) is 5. The van der Waals surface area contributed by atoms with Crippen molar-refractivity contribution in [3.63, 3.8) is 0 Å². The largest absolute Gasteiger partial charge is 0.476 e. The van der Waals surface area contributed by atoms with Crippen LogP contribution in [0.4, 0.5) is 20.2 Å². The van der Waals surface area contributed by atoms with Gasteiger partial charge in [0, 0.05) is 17.1 Å². The number of anilines is 2. The minimum absolute atomic E-state index is 0.288. The molecule has 3 rings (SSSR count). The van der Waals surface area contributed by atoms with Gasteiger partial charge in [0.2, 0.25) is 5.83 Å². The maximum Gasteiger partial charge on any atom is 0.368 e. The molecule has 0 amide bonds. The zero-order valence-electron chi connectivity index (χ0n) is 17.9. The normalized spacial score (nSPS) is 13.6. The van der Waals surface area contributed by atoms with Crippen LogP contribution in [-0.4, -0.2) is 29.6 Å². The van der Waals surface area contributed by atoms with Gasteiger partial charge in [-0.25, -0.2) is 9.18 Å². The first-order valence-electron chi connectivity index (χ1n) is 10.0. The van der Waals surface area contributed by atoms with Gasteiger partial charge in [0.25, 0.3) is 0 Å². The molecule has 0 saturated heterocycles. The molecule has 1 aliphatic heterocycles. The predicted molar refractivity (Wildman–Crippen MR) is 125 cm³/mol. The van der Waals surface area contributed by atoms with Crippen LogP contribution in [-0.2, 0) is 4.79 Å². The molecular formula is C23H27F2NO3S2. The van der Waals surface area contributed by atoms with Crippen molar-refractivity contribution in [1.29, 1.82) is 0 Å². The number of fused-ring (bicyclic) bond motifs is 1. The summed E-state index contributed by atoms with van der Waals surface area (Å²) in [7, 11) is 0. The summed E-state index contributed by atoms with van der Waals surface area (Å²) in [5, 5.41) is 8.63. The third-order valence-corrected chi connectivity index (χ3v) is 6.34. The summed E-state index contributed by atoms with van der Waals surface area (Å²) in [6, 6.07) is 10.1. The van der Waals surface area contributed by atoms with Crippen LogP contribution in [0.5, 0.6) is 5.75 Å². The van der Waals surface area contributed by atoms with Crippen molar-refractivity contribution in [2.24, 2.45) is 0 Å². The second-order valence-electron chi connectivity index (χ2n) is 6.69. The number of unbranched alkanes of at least 4 members (excludes halogenated alkanes) is 1. The SMILES string of the molecule is CCCC.CSc1cc2c(cc1O/C=C(\F)C(=O)O)SCCCN2c1ccc(F)cc1. The van der Waals surface area contributed by atoms with Gasteiger partial charge in [0.1, 0.15) is 17.8 Å². The van der Waals surface area contributed by atoms with E-state index in [-0.39, 0.29) is 5.82 Å². The van der Waals surface area contributed by atoms with Crippen LogP contribution in [0.15, 0.2) is 58.3 Å². The van der Waals surface area contributed by atoms with Crippen LogP contribution in [0.2, 0.25) is 0 Å². The third-order valence-electron chi connectivity index (χ3n) is 4.45. The molecule has 0 aliphatic carbocycles. The van der Waals surface area contributed by atoms with Gasteiger partial charge in [-0.3, -0.25) is 0 Å². The summed E-state index contributed by atoms with van der Waals surface area (Å²) < 4.78 is 31.8. The van der Waals surface area contributed by atoms with E-state index < -0.39 is 11.8 Å². The molecule has 0 bridgehead atoms. The lowest BCUT2D eigenvalue weighted by molar-refractivity contribution is -0.134. The average Bonchev–Trinajstić information content (AvgIpc) is 2.99. The number of rotatable bonds is 6. The van der Waals surface area contributed by atoms with Gasteiger partial charge in [-0.1, -0.05) is 26.7 Å². The van der Waals surface area contributed by atoms with Crippen LogP contribution in [0.25, 0.3) is 0 Å². The molecule has 2 aromatic rings. The van der Waals surface area contributed by atoms with E-state index in [0.29, 0.717) is 12.0 Å². The molecular weight excluding hydrogens is 440 g/mol. The molecule has 31 heavy (non-hydrogen) atoms. The summed E-state index contributed by atoms with van der Waals surface area (Å²) in [5.74, 6) is -2.04. The van der Waals surface area contributed by atoms with Crippen LogP contribution in [0, 0.1) is 5.82 Å². The molecule has 0 atom stereocenters. The fourth-order valence-electron chi connectivity index (χ4n) is 2.69. The van der Waals surface area contributed by atoms with E-state index in [4.69, 9.17) is 9.84 Å². The van der Waals surface area contributed by atoms with Gasteiger partial charge in [-0.05, 0) is 54.8 Å². The Morgan fingerprint density at radius 2 is 1.94 bits per heavy atom. The number of ether oxygens (including phenoxy) is 1. The smallest absolute Gasteiger partial charge is 0.368 e. The number of benzene rings is 2. The van der Waals surface area contributed by atoms with Crippen LogP contribution < -0.4 is 9.64 Å². The molecule has 0 spiro atoms. The summed E-state index contributed by atoms with van der Waals surface area (Å²) >= 11 is 3.06. The van der Waals surface area contributed by atoms with Crippen molar-refractivity contribution in [1.82, 2.24) is 0 Å². The number of halogens is 2. The lowest BCUT2D eigenvalue weighted by atomic mass is 10.2. The van der Waals surface area contributed by atoms with Gasteiger partial charge in [0.05, 0.1) is 10.6 Å². The van der Waals surface area contributed by atoms with Crippen molar-refractivity contribution >= 4 is 40.9 Å². The summed E-state index contributed by atoms with van der Waals surface area (Å²) in [4.78, 5) is 14.4. The van der Waals surface area contributed by atoms with Crippen molar-refractivity contribution in [3.05, 3.63) is 54.3 Å². The molecule has 168 valence electrons. The van der Waals surface area contributed by atoms with E-state index in [2.05, 4.69) is 18.7 Å². The molecule has 0 radical (unpaired) electrons. The number of carbonyl (C=O) groups is 1. The Hall–Kier alpha value is -2.19. The lowest BCUT2D eigenvalue weighted by Crippen LogP contribution is -2.18. The van der Waals surface area contributed by atoms with Crippen LogP contribution in [0.1, 0.15) is 33.1 Å². The topological polar surface area (TPSA) is 49.8 Å². The number of aliphatic carboxylic acids is 1. The predicted octanol–water partition coefficient (Wildman–Crippen LogP) is 7.26. The minimum Gasteiger partial charge on any atom is -0.476 e. The Morgan fingerprint density at radius 1 is 1.26 bits per heavy atom. The Labute approximate surface area is 190 Å². The summed E-state index contributed by atoms with van der Waals surface area (Å²) in [6.45, 7) is 5.15. The lowest BCUT2D eigenvalue weighted by Gasteiger charge is -2.26. The average molecular weight is 468 g/mol. The second kappa shape index (κ2) is 12.6. The molecule has 1 heterocycles. The molecule has 0 aromatic heterocycles. The molecule has 1 aliphatic rings. The van der Waals surface area contributed by atoms with Crippen molar-refractivity contribution in [2.75, 3.05) is 23.5 Å². The van der Waals surface area contributed by atoms with E-state index >= 15 is 0 Å². The zero-order chi connectivity index (χ0) is 22.8. The van der Waals surface area contributed by atoms with Gasteiger partial charge in [0.15, 0.2) is 0 Å². The van der Waals surface area contributed by atoms with Crippen molar-refractivity contribution in [3.8, 4) is 5.75 Å². The van der Waals surface area contributed by atoms with E-state index in [0.717, 1.165) is 39.9 Å². The van der Waals surface area contributed by atoms with E-state index in [1.165, 1.54) is 36.7 Å². The Kier molecular flexibility index (Phi) is 10.2. The number of nitrogens with zero attached hydrogens (tertiary/aromatic N) is 1. The van der Waals surface area contributed by atoms with Gasteiger partial charge in [-0.15, -0.1) is 23.5 Å². The number of hydrogen-bond donors (Lipinski definition) is 1. The first-order valence-corrected chi connectivity index (χ1v) is 12.3. The molecule has 1 N–H and O–H groups in total. The molecule has 0 saturated carbocycles. The first-order chi connectivity index (χ1) is 14.9. The van der Waals surface area contributed by atoms with Crippen molar-refractivity contribution in [2.45, 2.75) is 42.9 Å². The number of carboxylic acids is 1. The highest BCUT2D eigenvalue weighted by atomic mass is 32.2. The quantitative estimate of drug-likeness (QED) is 0.274. The van der Waals surface area contributed by atoms with E-state index in [1.807, 2.05) is 12.3 Å². The van der Waals surface area contributed by atoms with Gasteiger partial charge < -0.3 is 14.7 Å². The highest BCUT2D eigenvalue weighted by molar-refractivity contribution is 7.99. The van der Waals surface area contributed by atoms with Gasteiger partial charge >= 0.3 is 5.97 Å². The highest BCUT2D eigenvalue weighted by Gasteiger charge is 2.21.